The van der Waals surface area contributed by atoms with Crippen LogP contribution in [0.1, 0.15) is 88.1 Å². The second-order valence-electron chi connectivity index (χ2n) is 9.35. The van der Waals surface area contributed by atoms with Crippen LogP contribution in [0.25, 0.3) is 0 Å². The fourth-order valence-corrected chi connectivity index (χ4v) is 5.97. The Balaban J connectivity index is 1.26. The third-order valence-corrected chi connectivity index (χ3v) is 8.25. The van der Waals surface area contributed by atoms with Gasteiger partial charge in [0.05, 0.1) is 6.04 Å². The van der Waals surface area contributed by atoms with Gasteiger partial charge in [0.1, 0.15) is 5.01 Å². The molecule has 3 fully saturated rings. The van der Waals surface area contributed by atoms with E-state index >= 15 is 0 Å². The zero-order valence-electron chi connectivity index (χ0n) is 17.4. The zero-order chi connectivity index (χ0) is 20.1. The van der Waals surface area contributed by atoms with Crippen molar-refractivity contribution in [2.24, 2.45) is 23.7 Å². The molecule has 29 heavy (non-hydrogen) atoms. The summed E-state index contributed by atoms with van der Waals surface area (Å²) in [7, 11) is 0. The number of rotatable bonds is 7. The molecular weight excluding hydrogens is 382 g/mol. The standard InChI is InChI=1S/C23H35N3O2S/c27-21(18-5-2-1-3-6-18)25-15-16-9-11-17(12-10-16)20(23-24-13-14-29-23)26-22(28)19-7-4-8-19/h13-14,16-20H,1-12,15H2,(H,25,27)(H,26,28)/t16?,17?,20-/m1/s1. The lowest BCUT2D eigenvalue weighted by Gasteiger charge is -2.35. The van der Waals surface area contributed by atoms with Gasteiger partial charge in [0.2, 0.25) is 11.8 Å². The van der Waals surface area contributed by atoms with Gasteiger partial charge in [-0.2, -0.15) is 0 Å². The van der Waals surface area contributed by atoms with Crippen LogP contribution in [0, 0.1) is 23.7 Å². The third-order valence-electron chi connectivity index (χ3n) is 7.39. The second kappa shape index (κ2) is 10.1. The highest BCUT2D eigenvalue weighted by Crippen LogP contribution is 2.38. The van der Waals surface area contributed by atoms with Gasteiger partial charge in [-0.15, -0.1) is 11.3 Å². The predicted octanol–water partition coefficient (Wildman–Crippen LogP) is 4.60. The Morgan fingerprint density at radius 1 is 0.931 bits per heavy atom. The first kappa shape index (κ1) is 20.8. The average molecular weight is 418 g/mol. The predicted molar refractivity (Wildman–Crippen MR) is 115 cm³/mol. The minimum atomic E-state index is 0.0564. The second-order valence-corrected chi connectivity index (χ2v) is 10.3. The van der Waals surface area contributed by atoms with Crippen LogP contribution < -0.4 is 10.6 Å². The summed E-state index contributed by atoms with van der Waals surface area (Å²) in [6.45, 7) is 0.818. The van der Waals surface area contributed by atoms with E-state index in [1.165, 1.54) is 25.7 Å². The van der Waals surface area contributed by atoms with Crippen LogP contribution in [0.2, 0.25) is 0 Å². The van der Waals surface area contributed by atoms with Crippen molar-refractivity contribution in [3.8, 4) is 0 Å². The van der Waals surface area contributed by atoms with Crippen molar-refractivity contribution in [1.82, 2.24) is 15.6 Å². The minimum Gasteiger partial charge on any atom is -0.356 e. The van der Waals surface area contributed by atoms with Crippen molar-refractivity contribution < 1.29 is 9.59 Å². The first-order valence-corrected chi connectivity index (χ1v) is 12.6. The van der Waals surface area contributed by atoms with E-state index in [1.807, 2.05) is 11.6 Å². The number of nitrogens with one attached hydrogen (secondary N) is 2. The van der Waals surface area contributed by atoms with Gasteiger partial charge in [-0.3, -0.25) is 9.59 Å². The summed E-state index contributed by atoms with van der Waals surface area (Å²) in [5, 5.41) is 9.63. The molecule has 5 nitrogen and oxygen atoms in total. The van der Waals surface area contributed by atoms with Crippen LogP contribution >= 0.6 is 11.3 Å². The smallest absolute Gasteiger partial charge is 0.223 e. The van der Waals surface area contributed by atoms with Gasteiger partial charge >= 0.3 is 0 Å². The van der Waals surface area contributed by atoms with E-state index in [9.17, 15) is 9.59 Å². The first-order valence-electron chi connectivity index (χ1n) is 11.7. The Bertz CT molecular complexity index is 660. The van der Waals surface area contributed by atoms with Crippen LogP contribution in [0.15, 0.2) is 11.6 Å². The number of carbonyl (C=O) groups is 2. The number of hydrogen-bond acceptors (Lipinski definition) is 4. The van der Waals surface area contributed by atoms with Crippen LogP contribution in [0.3, 0.4) is 0 Å². The maximum absolute atomic E-state index is 12.6. The molecule has 0 saturated heterocycles. The highest BCUT2D eigenvalue weighted by molar-refractivity contribution is 7.09. The monoisotopic (exact) mass is 417 g/mol. The molecule has 0 unspecified atom stereocenters. The number of amides is 2. The van der Waals surface area contributed by atoms with E-state index in [0.29, 0.717) is 11.8 Å². The van der Waals surface area contributed by atoms with Gasteiger partial charge in [-0.05, 0) is 63.2 Å². The molecule has 0 bridgehead atoms. The molecule has 4 rings (SSSR count). The van der Waals surface area contributed by atoms with Gasteiger partial charge in [-0.1, -0.05) is 25.7 Å². The SMILES string of the molecule is O=C(NCC1CCC([C@@H](NC(=O)C2CCC2)c2nccs2)CC1)C1CCCCC1. The van der Waals surface area contributed by atoms with E-state index in [0.717, 1.165) is 62.9 Å². The molecule has 0 spiro atoms. The Morgan fingerprint density at radius 2 is 1.62 bits per heavy atom. The highest BCUT2D eigenvalue weighted by Gasteiger charge is 2.34. The molecule has 1 atom stereocenters. The normalized spacial score (nSPS) is 27.0. The van der Waals surface area contributed by atoms with Gasteiger partial charge < -0.3 is 10.6 Å². The molecule has 1 heterocycles. The minimum absolute atomic E-state index is 0.0564. The number of carbonyl (C=O) groups excluding carboxylic acids is 2. The molecular formula is C23H35N3O2S. The highest BCUT2D eigenvalue weighted by atomic mass is 32.1. The van der Waals surface area contributed by atoms with Crippen molar-refractivity contribution in [3.05, 3.63) is 16.6 Å². The average Bonchev–Trinajstić information content (AvgIpc) is 3.24. The van der Waals surface area contributed by atoms with Crippen molar-refractivity contribution in [2.75, 3.05) is 6.54 Å². The molecule has 0 radical (unpaired) electrons. The van der Waals surface area contributed by atoms with Gasteiger partial charge in [0.15, 0.2) is 0 Å². The quantitative estimate of drug-likeness (QED) is 0.681. The topological polar surface area (TPSA) is 71.1 Å². The molecule has 0 aliphatic heterocycles. The van der Waals surface area contributed by atoms with E-state index in [2.05, 4.69) is 15.6 Å². The molecule has 3 aliphatic rings. The Labute approximate surface area is 178 Å². The van der Waals surface area contributed by atoms with Crippen LogP contribution in [-0.2, 0) is 9.59 Å². The Hall–Kier alpha value is -1.43. The summed E-state index contributed by atoms with van der Waals surface area (Å²) >= 11 is 1.65. The number of nitrogens with zero attached hydrogens (tertiary/aromatic N) is 1. The van der Waals surface area contributed by atoms with E-state index in [1.54, 1.807) is 11.3 Å². The fraction of sp³-hybridized carbons (Fsp3) is 0.783. The maximum Gasteiger partial charge on any atom is 0.223 e. The largest absolute Gasteiger partial charge is 0.356 e. The Kier molecular flexibility index (Phi) is 7.22. The molecule has 3 saturated carbocycles. The van der Waals surface area contributed by atoms with Gasteiger partial charge in [-0.25, -0.2) is 4.98 Å². The number of thiazole rings is 1. The molecule has 6 heteroatoms. The van der Waals surface area contributed by atoms with Crippen molar-refractivity contribution in [1.29, 1.82) is 0 Å². The van der Waals surface area contributed by atoms with Crippen molar-refractivity contribution >= 4 is 23.2 Å². The van der Waals surface area contributed by atoms with Crippen molar-refractivity contribution in [3.63, 3.8) is 0 Å². The third kappa shape index (κ3) is 5.39. The number of hydrogen-bond donors (Lipinski definition) is 2. The molecule has 2 N–H and O–H groups in total. The summed E-state index contributed by atoms with van der Waals surface area (Å²) in [5.41, 5.74) is 0. The first-order chi connectivity index (χ1) is 14.2. The van der Waals surface area contributed by atoms with Gasteiger partial charge in [0.25, 0.3) is 0 Å². The molecule has 3 aliphatic carbocycles. The zero-order valence-corrected chi connectivity index (χ0v) is 18.2. The molecule has 1 aromatic rings. The summed E-state index contributed by atoms with van der Waals surface area (Å²) in [4.78, 5) is 29.5. The van der Waals surface area contributed by atoms with E-state index in [-0.39, 0.29) is 29.7 Å². The lowest BCUT2D eigenvalue weighted by Crippen LogP contribution is -2.41. The van der Waals surface area contributed by atoms with Crippen LogP contribution in [0.4, 0.5) is 0 Å². The lowest BCUT2D eigenvalue weighted by molar-refractivity contribution is -0.129. The molecule has 160 valence electrons. The summed E-state index contributed by atoms with van der Waals surface area (Å²) < 4.78 is 0. The molecule has 1 aromatic heterocycles. The van der Waals surface area contributed by atoms with Crippen LogP contribution in [-0.4, -0.2) is 23.3 Å². The number of aromatic nitrogens is 1. The molecule has 2 amide bonds. The van der Waals surface area contributed by atoms with Crippen molar-refractivity contribution in [2.45, 2.75) is 83.1 Å². The summed E-state index contributed by atoms with van der Waals surface area (Å²) in [6.07, 6.45) is 15.3. The summed E-state index contributed by atoms with van der Waals surface area (Å²) in [5.74, 6) is 1.98. The summed E-state index contributed by atoms with van der Waals surface area (Å²) in [6, 6.07) is 0.0564. The van der Waals surface area contributed by atoms with Gasteiger partial charge in [0, 0.05) is 30.0 Å². The molecule has 0 aromatic carbocycles. The fourth-order valence-electron chi connectivity index (χ4n) is 5.19. The van der Waals surface area contributed by atoms with Crippen LogP contribution in [0.5, 0.6) is 0 Å². The lowest BCUT2D eigenvalue weighted by atomic mass is 9.77. The Morgan fingerprint density at radius 3 is 2.24 bits per heavy atom. The maximum atomic E-state index is 12.6. The van der Waals surface area contributed by atoms with E-state index < -0.39 is 0 Å². The van der Waals surface area contributed by atoms with E-state index in [4.69, 9.17) is 0 Å².